The number of nitrogens with one attached hydrogen (secondary N) is 1. The van der Waals surface area contributed by atoms with Crippen LogP contribution in [-0.4, -0.2) is 32.1 Å². The molecule has 1 heterocycles. The van der Waals surface area contributed by atoms with Gasteiger partial charge < -0.3 is 19.5 Å². The van der Waals surface area contributed by atoms with E-state index >= 15 is 0 Å². The summed E-state index contributed by atoms with van der Waals surface area (Å²) in [5.74, 6) is 0.952. The van der Waals surface area contributed by atoms with Crippen LogP contribution in [0.2, 0.25) is 0 Å². The molecule has 0 fully saturated rings. The first-order valence-corrected chi connectivity index (χ1v) is 12.3. The van der Waals surface area contributed by atoms with Gasteiger partial charge in [0.2, 0.25) is 0 Å². The second-order valence-corrected chi connectivity index (χ2v) is 10.2. The van der Waals surface area contributed by atoms with Crippen molar-refractivity contribution >= 4 is 33.8 Å². The Morgan fingerprint density at radius 2 is 1.83 bits per heavy atom. The van der Waals surface area contributed by atoms with Crippen LogP contribution >= 0.6 is 0 Å². The summed E-state index contributed by atoms with van der Waals surface area (Å²) in [7, 11) is 1.59. The summed E-state index contributed by atoms with van der Waals surface area (Å²) in [5, 5.41) is 5.99. The maximum Gasteiger partial charge on any atom is 0.302 e. The molecule has 3 aromatic carbocycles. The first-order chi connectivity index (χ1) is 17.3. The van der Waals surface area contributed by atoms with Gasteiger partial charge in [0, 0.05) is 30.2 Å². The number of hydrogen-bond acceptors (Lipinski definition) is 6. The highest BCUT2D eigenvalue weighted by Gasteiger charge is 2.41. The summed E-state index contributed by atoms with van der Waals surface area (Å²) in [6, 6.07) is 18.0. The van der Waals surface area contributed by atoms with Crippen LogP contribution in [-0.2, 0) is 14.3 Å². The first kappa shape index (κ1) is 23.9. The molecular formula is C30H31NO5. The number of Topliss-reactive ketones (excluding diaryl/α,β-unsaturated/α-hetero) is 1. The van der Waals surface area contributed by atoms with E-state index in [9.17, 15) is 9.59 Å². The van der Waals surface area contributed by atoms with E-state index in [2.05, 4.69) is 49.5 Å². The Balaban J connectivity index is 1.57. The van der Waals surface area contributed by atoms with Crippen LogP contribution in [0.25, 0.3) is 16.3 Å². The molecule has 1 aliphatic carbocycles. The normalized spacial score (nSPS) is 18.2. The number of allylic oxidation sites excluding steroid dienone is 1. The fourth-order valence-corrected chi connectivity index (χ4v) is 5.41. The van der Waals surface area contributed by atoms with Crippen molar-refractivity contribution in [2.24, 2.45) is 5.41 Å². The van der Waals surface area contributed by atoms with Crippen molar-refractivity contribution in [3.63, 3.8) is 0 Å². The van der Waals surface area contributed by atoms with Gasteiger partial charge >= 0.3 is 5.97 Å². The molecule has 0 saturated heterocycles. The van der Waals surface area contributed by atoms with Crippen LogP contribution < -0.4 is 14.8 Å². The minimum Gasteiger partial charge on any atom is -0.493 e. The lowest BCUT2D eigenvalue weighted by atomic mass is 9.68. The highest BCUT2D eigenvalue weighted by Crippen LogP contribution is 2.52. The number of rotatable bonds is 6. The SMILES string of the molecule is COc1cc([C@@H]2Nc3ccc4ccccc4c3C3=C2C(=O)CC(C)(C)C3)ccc1OCCOC(C)=O. The van der Waals surface area contributed by atoms with E-state index in [1.54, 1.807) is 7.11 Å². The lowest BCUT2D eigenvalue weighted by Crippen LogP contribution is -2.33. The summed E-state index contributed by atoms with van der Waals surface area (Å²) >= 11 is 0. The van der Waals surface area contributed by atoms with Crippen molar-refractivity contribution in [2.75, 3.05) is 25.6 Å². The molecule has 6 nitrogen and oxygen atoms in total. The first-order valence-electron chi connectivity index (χ1n) is 12.3. The van der Waals surface area contributed by atoms with Crippen LogP contribution in [0.15, 0.2) is 60.2 Å². The number of fused-ring (bicyclic) bond motifs is 4. The van der Waals surface area contributed by atoms with Crippen LogP contribution in [0, 0.1) is 5.41 Å². The molecule has 1 atom stereocenters. The minimum absolute atomic E-state index is 0.108. The highest BCUT2D eigenvalue weighted by atomic mass is 16.6. The molecule has 0 radical (unpaired) electrons. The largest absolute Gasteiger partial charge is 0.493 e. The van der Waals surface area contributed by atoms with Gasteiger partial charge in [-0.1, -0.05) is 50.2 Å². The monoisotopic (exact) mass is 485 g/mol. The summed E-state index contributed by atoms with van der Waals surface area (Å²) in [6.45, 7) is 6.09. The van der Waals surface area contributed by atoms with Gasteiger partial charge in [-0.2, -0.15) is 0 Å². The van der Waals surface area contributed by atoms with Gasteiger partial charge in [0.25, 0.3) is 0 Å². The third-order valence-corrected chi connectivity index (χ3v) is 6.91. The predicted octanol–water partition coefficient (Wildman–Crippen LogP) is 6.10. The molecule has 186 valence electrons. The number of benzene rings is 3. The van der Waals surface area contributed by atoms with Gasteiger partial charge in [-0.05, 0) is 51.9 Å². The maximum absolute atomic E-state index is 13.6. The zero-order valence-electron chi connectivity index (χ0n) is 21.1. The molecule has 0 unspecified atom stereocenters. The average Bonchev–Trinajstić information content (AvgIpc) is 2.84. The number of methoxy groups -OCH3 is 1. The van der Waals surface area contributed by atoms with Gasteiger partial charge in [-0.3, -0.25) is 9.59 Å². The molecule has 6 heteroatoms. The topological polar surface area (TPSA) is 73.9 Å². The zero-order chi connectivity index (χ0) is 25.4. The van der Waals surface area contributed by atoms with E-state index in [0.29, 0.717) is 17.9 Å². The number of hydrogen-bond donors (Lipinski definition) is 1. The molecule has 0 amide bonds. The molecule has 0 saturated carbocycles. The summed E-state index contributed by atoms with van der Waals surface area (Å²) < 4.78 is 16.3. The van der Waals surface area contributed by atoms with Gasteiger partial charge in [0.15, 0.2) is 17.3 Å². The molecule has 1 aliphatic heterocycles. The second-order valence-electron chi connectivity index (χ2n) is 10.2. The Kier molecular flexibility index (Phi) is 6.20. The Morgan fingerprint density at radius 3 is 2.61 bits per heavy atom. The lowest BCUT2D eigenvalue weighted by Gasteiger charge is -2.40. The molecular weight excluding hydrogens is 454 g/mol. The number of carbonyl (C=O) groups is 2. The number of carbonyl (C=O) groups excluding carboxylic acids is 2. The summed E-state index contributed by atoms with van der Waals surface area (Å²) in [6.07, 6.45) is 1.35. The van der Waals surface area contributed by atoms with Crippen LogP contribution in [0.5, 0.6) is 11.5 Å². The van der Waals surface area contributed by atoms with Crippen molar-refractivity contribution in [2.45, 2.75) is 39.7 Å². The number of anilines is 1. The average molecular weight is 486 g/mol. The Bertz CT molecular complexity index is 1390. The van der Waals surface area contributed by atoms with Gasteiger partial charge in [-0.25, -0.2) is 0 Å². The Hall–Kier alpha value is -3.80. The molecule has 0 spiro atoms. The Morgan fingerprint density at radius 1 is 1.03 bits per heavy atom. The third-order valence-electron chi connectivity index (χ3n) is 6.91. The molecule has 1 N–H and O–H groups in total. The van der Waals surface area contributed by atoms with Crippen molar-refractivity contribution in [1.82, 2.24) is 0 Å². The highest BCUT2D eigenvalue weighted by molar-refractivity contribution is 6.12. The molecule has 2 aliphatic rings. The van der Waals surface area contributed by atoms with Gasteiger partial charge in [0.1, 0.15) is 13.2 Å². The maximum atomic E-state index is 13.6. The smallest absolute Gasteiger partial charge is 0.302 e. The molecule has 5 rings (SSSR count). The second kappa shape index (κ2) is 9.34. The van der Waals surface area contributed by atoms with E-state index in [-0.39, 0.29) is 36.4 Å². The van der Waals surface area contributed by atoms with Crippen LogP contribution in [0.4, 0.5) is 5.69 Å². The van der Waals surface area contributed by atoms with E-state index in [1.165, 1.54) is 6.92 Å². The van der Waals surface area contributed by atoms with Gasteiger partial charge in [0.05, 0.1) is 13.2 Å². The van der Waals surface area contributed by atoms with Gasteiger partial charge in [-0.15, -0.1) is 0 Å². The summed E-state index contributed by atoms with van der Waals surface area (Å²) in [4.78, 5) is 24.6. The fraction of sp³-hybridized carbons (Fsp3) is 0.333. The van der Waals surface area contributed by atoms with Crippen molar-refractivity contribution in [1.29, 1.82) is 0 Å². The van der Waals surface area contributed by atoms with E-state index in [0.717, 1.165) is 45.2 Å². The summed E-state index contributed by atoms with van der Waals surface area (Å²) in [5.41, 5.74) is 4.96. The Labute approximate surface area is 211 Å². The zero-order valence-corrected chi connectivity index (χ0v) is 21.1. The molecule has 0 bridgehead atoms. The predicted molar refractivity (Wildman–Crippen MR) is 140 cm³/mol. The van der Waals surface area contributed by atoms with Crippen LogP contribution in [0.1, 0.15) is 50.8 Å². The van der Waals surface area contributed by atoms with Crippen molar-refractivity contribution in [3.05, 3.63) is 71.3 Å². The number of ketones is 1. The van der Waals surface area contributed by atoms with Crippen LogP contribution in [0.3, 0.4) is 0 Å². The molecule has 36 heavy (non-hydrogen) atoms. The van der Waals surface area contributed by atoms with E-state index < -0.39 is 0 Å². The number of esters is 1. The lowest BCUT2D eigenvalue weighted by molar-refractivity contribution is -0.141. The van der Waals surface area contributed by atoms with Crippen molar-refractivity contribution in [3.8, 4) is 11.5 Å². The quantitative estimate of drug-likeness (QED) is 0.336. The number of ether oxygens (including phenoxy) is 3. The third kappa shape index (κ3) is 4.43. The fourth-order valence-electron chi connectivity index (χ4n) is 5.41. The standard InChI is InChI=1S/C30H31NO5/c1-18(32)35-13-14-36-25-12-10-20(15-26(25)34-4)29-28-22(16-30(2,3)17-24(28)33)27-21-8-6-5-7-19(21)9-11-23(27)31-29/h5-12,15,29,31H,13-14,16-17H2,1-4H3/t29-/m0/s1. The molecule has 3 aromatic rings. The molecule has 0 aromatic heterocycles. The minimum atomic E-state index is -0.346. The van der Waals surface area contributed by atoms with E-state index in [1.807, 2.05) is 24.3 Å². The van der Waals surface area contributed by atoms with E-state index in [4.69, 9.17) is 14.2 Å². The van der Waals surface area contributed by atoms with Crippen molar-refractivity contribution < 1.29 is 23.8 Å².